The summed E-state index contributed by atoms with van der Waals surface area (Å²) in [6.45, 7) is 0. The summed E-state index contributed by atoms with van der Waals surface area (Å²) in [5, 5.41) is 12.0. The number of imidazole rings is 1. The molecule has 4 rings (SSSR count). The van der Waals surface area contributed by atoms with Gasteiger partial charge in [-0.25, -0.2) is 14.8 Å². The fourth-order valence-electron chi connectivity index (χ4n) is 2.36. The van der Waals surface area contributed by atoms with Crippen LogP contribution in [-0.4, -0.2) is 30.6 Å². The first kappa shape index (κ1) is 13.3. The van der Waals surface area contributed by atoms with Crippen molar-refractivity contribution in [3.05, 3.63) is 42.1 Å². The normalized spacial score (nSPS) is 11.2. The predicted molar refractivity (Wildman–Crippen MR) is 82.8 cm³/mol. The van der Waals surface area contributed by atoms with Gasteiger partial charge in [-0.15, -0.1) is 0 Å². The molecule has 0 radical (unpaired) electrons. The van der Waals surface area contributed by atoms with Crippen molar-refractivity contribution in [3.8, 4) is 0 Å². The largest absolute Gasteiger partial charge is 0.478 e. The third-order valence-electron chi connectivity index (χ3n) is 3.51. The molecule has 0 unspecified atom stereocenters. The quantitative estimate of drug-likeness (QED) is 0.599. The minimum atomic E-state index is -0.989. The Labute approximate surface area is 129 Å². The van der Waals surface area contributed by atoms with E-state index in [9.17, 15) is 4.79 Å². The molecular weight excluding hydrogens is 298 g/mol. The van der Waals surface area contributed by atoms with Crippen LogP contribution in [0.5, 0.6) is 0 Å². The lowest BCUT2D eigenvalue weighted by molar-refractivity contribution is 0.0697. The van der Waals surface area contributed by atoms with Crippen LogP contribution in [0.3, 0.4) is 0 Å². The molecule has 0 atom stereocenters. The number of carboxylic acids is 1. The number of anilines is 2. The van der Waals surface area contributed by atoms with Gasteiger partial charge in [0.05, 0.1) is 16.6 Å². The van der Waals surface area contributed by atoms with Crippen LogP contribution >= 0.6 is 0 Å². The molecule has 3 aromatic heterocycles. The van der Waals surface area contributed by atoms with Crippen LogP contribution in [0.15, 0.2) is 40.9 Å². The summed E-state index contributed by atoms with van der Waals surface area (Å²) in [7, 11) is 1.82. The zero-order valence-electron chi connectivity index (χ0n) is 12.0. The Morgan fingerprint density at radius 3 is 2.91 bits per heavy atom. The molecule has 114 valence electrons. The Morgan fingerprint density at radius 1 is 1.26 bits per heavy atom. The van der Waals surface area contributed by atoms with Gasteiger partial charge in [-0.3, -0.25) is 5.32 Å². The number of aryl methyl sites for hydroxylation is 1. The molecule has 0 aliphatic rings. The third-order valence-corrected chi connectivity index (χ3v) is 3.51. The molecule has 0 amide bonds. The van der Waals surface area contributed by atoms with E-state index in [0.29, 0.717) is 22.7 Å². The second-order valence-electron chi connectivity index (χ2n) is 4.97. The van der Waals surface area contributed by atoms with E-state index in [1.807, 2.05) is 7.05 Å². The van der Waals surface area contributed by atoms with Gasteiger partial charge >= 0.3 is 12.0 Å². The molecule has 8 nitrogen and oxygen atoms in total. The molecular formula is C15H11N5O3. The number of fused-ring (bicyclic) bond motifs is 2. The first-order valence-electron chi connectivity index (χ1n) is 6.80. The standard InChI is InChI=1S/C15H11N5O3/c1-20-11-5-4-8(13(21)22)7-10(11)17-14(20)19-15-18-9-3-2-6-16-12(9)23-15/h2-7H,1H3,(H,21,22)(H,17,18,19). The maximum atomic E-state index is 11.0. The van der Waals surface area contributed by atoms with E-state index in [2.05, 4.69) is 20.3 Å². The van der Waals surface area contributed by atoms with Gasteiger partial charge in [0.1, 0.15) is 5.52 Å². The van der Waals surface area contributed by atoms with Gasteiger partial charge < -0.3 is 14.1 Å². The van der Waals surface area contributed by atoms with E-state index in [4.69, 9.17) is 9.52 Å². The van der Waals surface area contributed by atoms with Crippen LogP contribution in [-0.2, 0) is 7.05 Å². The highest BCUT2D eigenvalue weighted by Crippen LogP contribution is 2.24. The highest BCUT2D eigenvalue weighted by Gasteiger charge is 2.13. The van der Waals surface area contributed by atoms with Crippen molar-refractivity contribution in [2.45, 2.75) is 0 Å². The lowest BCUT2D eigenvalue weighted by Crippen LogP contribution is -1.99. The van der Waals surface area contributed by atoms with Crippen LogP contribution in [0.25, 0.3) is 22.3 Å². The van der Waals surface area contributed by atoms with Gasteiger partial charge in [0.25, 0.3) is 0 Å². The predicted octanol–water partition coefficient (Wildman–Crippen LogP) is 2.55. The number of nitrogens with zero attached hydrogens (tertiary/aromatic N) is 4. The minimum Gasteiger partial charge on any atom is -0.478 e. The summed E-state index contributed by atoms with van der Waals surface area (Å²) >= 11 is 0. The molecule has 23 heavy (non-hydrogen) atoms. The van der Waals surface area contributed by atoms with Crippen molar-refractivity contribution >= 4 is 40.2 Å². The Morgan fingerprint density at radius 2 is 2.13 bits per heavy atom. The number of benzene rings is 1. The molecule has 2 N–H and O–H groups in total. The Kier molecular flexibility index (Phi) is 2.77. The molecule has 0 saturated carbocycles. The molecule has 3 heterocycles. The van der Waals surface area contributed by atoms with E-state index >= 15 is 0 Å². The molecule has 0 spiro atoms. The summed E-state index contributed by atoms with van der Waals surface area (Å²) < 4.78 is 7.30. The molecule has 4 aromatic rings. The number of hydrogen-bond donors (Lipinski definition) is 2. The third kappa shape index (κ3) is 2.16. The summed E-state index contributed by atoms with van der Waals surface area (Å²) in [4.78, 5) is 23.8. The zero-order chi connectivity index (χ0) is 16.0. The molecule has 8 heteroatoms. The SMILES string of the molecule is Cn1c(Nc2nc3cccnc3o2)nc2cc(C(=O)O)ccc21. The number of aromatic carboxylic acids is 1. The number of rotatable bonds is 3. The van der Waals surface area contributed by atoms with Gasteiger partial charge in [-0.05, 0) is 30.3 Å². The first-order chi connectivity index (χ1) is 11.1. The molecule has 0 bridgehead atoms. The van der Waals surface area contributed by atoms with Crippen LogP contribution in [0.1, 0.15) is 10.4 Å². The fraction of sp³-hybridized carbons (Fsp3) is 0.0667. The van der Waals surface area contributed by atoms with E-state index in [1.54, 1.807) is 35.0 Å². The van der Waals surface area contributed by atoms with E-state index < -0.39 is 5.97 Å². The summed E-state index contributed by atoms with van der Waals surface area (Å²) in [6, 6.07) is 8.62. The number of carbonyl (C=O) groups is 1. The van der Waals surface area contributed by atoms with Crippen LogP contribution < -0.4 is 5.32 Å². The number of nitrogens with one attached hydrogen (secondary N) is 1. The molecule has 0 aliphatic heterocycles. The minimum absolute atomic E-state index is 0.188. The number of carboxylic acid groups (broad SMARTS) is 1. The smallest absolute Gasteiger partial charge is 0.335 e. The van der Waals surface area contributed by atoms with Crippen LogP contribution in [0.4, 0.5) is 12.0 Å². The summed E-state index contributed by atoms with van der Waals surface area (Å²) in [5.41, 5.74) is 2.63. The highest BCUT2D eigenvalue weighted by atomic mass is 16.4. The Bertz CT molecular complexity index is 1020. The van der Waals surface area contributed by atoms with Crippen molar-refractivity contribution in [2.75, 3.05) is 5.32 Å². The first-order valence-corrected chi connectivity index (χ1v) is 6.80. The second kappa shape index (κ2) is 4.80. The van der Waals surface area contributed by atoms with Gasteiger partial charge in [-0.2, -0.15) is 4.98 Å². The molecule has 0 aliphatic carbocycles. The summed E-state index contributed by atoms with van der Waals surface area (Å²) in [6.07, 6.45) is 1.62. The second-order valence-corrected chi connectivity index (χ2v) is 4.97. The topological polar surface area (TPSA) is 106 Å². The lowest BCUT2D eigenvalue weighted by atomic mass is 10.2. The average Bonchev–Trinajstić information content (AvgIpc) is 3.08. The van der Waals surface area contributed by atoms with Crippen molar-refractivity contribution in [2.24, 2.45) is 7.05 Å². The average molecular weight is 309 g/mol. The number of pyridine rings is 1. The monoisotopic (exact) mass is 309 g/mol. The van der Waals surface area contributed by atoms with E-state index in [-0.39, 0.29) is 11.6 Å². The van der Waals surface area contributed by atoms with Crippen molar-refractivity contribution in [1.29, 1.82) is 0 Å². The number of hydrogen-bond acceptors (Lipinski definition) is 6. The summed E-state index contributed by atoms with van der Waals surface area (Å²) in [5.74, 6) is -0.494. The van der Waals surface area contributed by atoms with Gasteiger partial charge in [-0.1, -0.05) is 0 Å². The fourth-order valence-corrected chi connectivity index (χ4v) is 2.36. The van der Waals surface area contributed by atoms with Gasteiger partial charge in [0.15, 0.2) is 0 Å². The number of aromatic nitrogens is 4. The lowest BCUT2D eigenvalue weighted by Gasteiger charge is -2.01. The number of oxazole rings is 1. The van der Waals surface area contributed by atoms with Gasteiger partial charge in [0, 0.05) is 13.2 Å². The molecule has 0 saturated heterocycles. The van der Waals surface area contributed by atoms with Crippen molar-refractivity contribution < 1.29 is 14.3 Å². The van der Waals surface area contributed by atoms with Crippen LogP contribution in [0, 0.1) is 0 Å². The molecule has 1 aromatic carbocycles. The van der Waals surface area contributed by atoms with E-state index in [1.165, 1.54) is 6.07 Å². The van der Waals surface area contributed by atoms with Crippen molar-refractivity contribution in [1.82, 2.24) is 19.5 Å². The van der Waals surface area contributed by atoms with Crippen molar-refractivity contribution in [3.63, 3.8) is 0 Å². The van der Waals surface area contributed by atoms with Crippen LogP contribution in [0.2, 0.25) is 0 Å². The maximum absolute atomic E-state index is 11.0. The molecule has 0 fully saturated rings. The highest BCUT2D eigenvalue weighted by molar-refractivity contribution is 5.93. The Hall–Kier alpha value is -3.42. The Balaban J connectivity index is 1.76. The van der Waals surface area contributed by atoms with Gasteiger partial charge in [0.2, 0.25) is 11.7 Å². The zero-order valence-corrected chi connectivity index (χ0v) is 12.0. The maximum Gasteiger partial charge on any atom is 0.335 e. The van der Waals surface area contributed by atoms with E-state index in [0.717, 1.165) is 5.52 Å².